The van der Waals surface area contributed by atoms with Crippen LogP contribution >= 0.6 is 0 Å². The molecule has 0 aromatic heterocycles. The molecule has 0 radical (unpaired) electrons. The summed E-state index contributed by atoms with van der Waals surface area (Å²) in [7, 11) is 0. The summed E-state index contributed by atoms with van der Waals surface area (Å²) in [4.78, 5) is 34.2. The van der Waals surface area contributed by atoms with E-state index in [0.717, 1.165) is 0 Å². The lowest BCUT2D eigenvalue weighted by molar-refractivity contribution is -0.342. The molecule has 2 fully saturated rings. The zero-order chi connectivity index (χ0) is 19.5. The predicted octanol–water partition coefficient (Wildman–Crippen LogP) is 0.263. The molecule has 0 amide bonds. The quantitative estimate of drug-likeness (QED) is 0.472. The van der Waals surface area contributed by atoms with Crippen molar-refractivity contribution in [2.45, 2.75) is 71.3 Å². The van der Waals surface area contributed by atoms with Crippen LogP contribution in [0.1, 0.15) is 34.6 Å². The summed E-state index contributed by atoms with van der Waals surface area (Å²) in [6.07, 6.45) is -4.86. The molecule has 0 saturated carbocycles. The Morgan fingerprint density at radius 2 is 1.58 bits per heavy atom. The lowest BCUT2D eigenvalue weighted by Gasteiger charge is -2.40. The van der Waals surface area contributed by atoms with Gasteiger partial charge in [0, 0.05) is 34.3 Å². The van der Waals surface area contributed by atoms with E-state index in [1.54, 1.807) is 13.8 Å². The topological polar surface area (TPSA) is 116 Å². The lowest BCUT2D eigenvalue weighted by Crippen LogP contribution is -2.60. The molecule has 6 atom stereocenters. The van der Waals surface area contributed by atoms with Gasteiger partial charge in [0.2, 0.25) is 0 Å². The molecule has 10 heteroatoms. The van der Waals surface area contributed by atoms with Gasteiger partial charge in [-0.1, -0.05) is 0 Å². The summed E-state index contributed by atoms with van der Waals surface area (Å²) in [5.41, 5.74) is 0. The molecular weight excluding hydrogens is 352 g/mol. The Bertz CT molecular complexity index is 549. The molecule has 0 bridgehead atoms. The summed E-state index contributed by atoms with van der Waals surface area (Å²) >= 11 is 0. The van der Waals surface area contributed by atoms with Crippen molar-refractivity contribution in [3.8, 4) is 0 Å². The van der Waals surface area contributed by atoms with E-state index in [-0.39, 0.29) is 6.61 Å². The second kappa shape index (κ2) is 8.30. The molecule has 0 spiro atoms. The Hall–Kier alpha value is -1.75. The summed E-state index contributed by atoms with van der Waals surface area (Å²) in [5.74, 6) is -3.18. The molecule has 2 heterocycles. The van der Waals surface area contributed by atoms with Gasteiger partial charge >= 0.3 is 17.9 Å². The lowest BCUT2D eigenvalue weighted by atomic mass is 9.98. The van der Waals surface area contributed by atoms with Crippen LogP contribution in [0.15, 0.2) is 0 Å². The minimum Gasteiger partial charge on any atom is -0.463 e. The first-order chi connectivity index (χ1) is 12.1. The third-order valence-corrected chi connectivity index (χ3v) is 3.73. The molecule has 0 N–H and O–H groups in total. The van der Waals surface area contributed by atoms with Gasteiger partial charge < -0.3 is 28.4 Å². The number of hydrogen-bond acceptors (Lipinski definition) is 10. The first kappa shape index (κ1) is 20.6. The molecule has 26 heavy (non-hydrogen) atoms. The van der Waals surface area contributed by atoms with Crippen LogP contribution in [-0.4, -0.2) is 67.8 Å². The van der Waals surface area contributed by atoms with E-state index in [0.29, 0.717) is 6.61 Å². The van der Waals surface area contributed by atoms with Gasteiger partial charge in [-0.05, 0) is 6.92 Å². The third kappa shape index (κ3) is 4.91. The maximum absolute atomic E-state index is 11.6. The Balaban J connectivity index is 2.29. The molecule has 2 aliphatic rings. The maximum Gasteiger partial charge on any atom is 0.303 e. The van der Waals surface area contributed by atoms with Crippen LogP contribution in [-0.2, 0) is 47.5 Å². The van der Waals surface area contributed by atoms with Crippen LogP contribution in [0.2, 0.25) is 0 Å². The first-order valence-corrected chi connectivity index (χ1v) is 8.28. The molecule has 5 unspecified atom stereocenters. The van der Waals surface area contributed by atoms with Crippen LogP contribution in [0.3, 0.4) is 0 Å². The van der Waals surface area contributed by atoms with E-state index in [9.17, 15) is 14.4 Å². The molecule has 2 aliphatic heterocycles. The van der Waals surface area contributed by atoms with Crippen molar-refractivity contribution in [2.24, 2.45) is 0 Å². The highest BCUT2D eigenvalue weighted by molar-refractivity contribution is 5.67. The fourth-order valence-corrected chi connectivity index (χ4v) is 2.91. The van der Waals surface area contributed by atoms with E-state index in [2.05, 4.69) is 0 Å². The van der Waals surface area contributed by atoms with Gasteiger partial charge in [0.25, 0.3) is 5.97 Å². The molecule has 0 aliphatic carbocycles. The summed E-state index contributed by atoms with van der Waals surface area (Å²) < 4.78 is 38.2. The van der Waals surface area contributed by atoms with Crippen molar-refractivity contribution < 1.29 is 47.5 Å². The smallest absolute Gasteiger partial charge is 0.303 e. The van der Waals surface area contributed by atoms with Crippen LogP contribution in [0.4, 0.5) is 0 Å². The Labute approximate surface area is 150 Å². The monoisotopic (exact) mass is 376 g/mol. The molecule has 2 rings (SSSR count). The highest BCUT2D eigenvalue weighted by Gasteiger charge is 2.59. The predicted molar refractivity (Wildman–Crippen MR) is 82.4 cm³/mol. The largest absolute Gasteiger partial charge is 0.463 e. The fourth-order valence-electron chi connectivity index (χ4n) is 2.91. The van der Waals surface area contributed by atoms with Crippen molar-refractivity contribution in [3.05, 3.63) is 0 Å². The van der Waals surface area contributed by atoms with Crippen LogP contribution < -0.4 is 0 Å². The molecular formula is C16H24O10. The van der Waals surface area contributed by atoms with E-state index < -0.39 is 54.6 Å². The number of esters is 3. The van der Waals surface area contributed by atoms with E-state index in [1.165, 1.54) is 20.8 Å². The van der Waals surface area contributed by atoms with Gasteiger partial charge in [-0.25, -0.2) is 0 Å². The van der Waals surface area contributed by atoms with Crippen LogP contribution in [0, 0.1) is 0 Å². The van der Waals surface area contributed by atoms with Crippen molar-refractivity contribution in [1.29, 1.82) is 0 Å². The van der Waals surface area contributed by atoms with Gasteiger partial charge in [0.15, 0.2) is 24.6 Å². The number of carbonyl (C=O) groups is 3. The fraction of sp³-hybridized carbons (Fsp3) is 0.812. The van der Waals surface area contributed by atoms with Gasteiger partial charge in [-0.2, -0.15) is 0 Å². The second-order valence-corrected chi connectivity index (χ2v) is 5.99. The summed E-state index contributed by atoms with van der Waals surface area (Å²) in [5, 5.41) is 0. The van der Waals surface area contributed by atoms with E-state index in [4.69, 9.17) is 33.2 Å². The van der Waals surface area contributed by atoms with Crippen molar-refractivity contribution in [2.75, 3.05) is 13.2 Å². The SMILES string of the molecule is CCO[C@]1(C)OC2OC(COC(C)=O)C(OC(C)=O)C(OC(C)=O)C2O1. The molecule has 2 saturated heterocycles. The van der Waals surface area contributed by atoms with E-state index in [1.807, 2.05) is 0 Å². The van der Waals surface area contributed by atoms with Crippen LogP contribution in [0.25, 0.3) is 0 Å². The third-order valence-electron chi connectivity index (χ3n) is 3.73. The zero-order valence-corrected chi connectivity index (χ0v) is 15.4. The minimum atomic E-state index is -1.42. The Morgan fingerprint density at radius 1 is 0.962 bits per heavy atom. The van der Waals surface area contributed by atoms with Crippen molar-refractivity contribution in [3.63, 3.8) is 0 Å². The average Bonchev–Trinajstić information content (AvgIpc) is 2.83. The Morgan fingerprint density at radius 3 is 2.12 bits per heavy atom. The molecule has 10 nitrogen and oxygen atoms in total. The standard InChI is InChI=1S/C16H24O10/c1-6-21-16(5)25-14-13(23-10(4)19)12(22-9(3)18)11(7-20-8(2)17)24-15(14)26-16/h11-15H,6-7H2,1-5H3/t11?,12?,13?,14?,15?,16-/m0/s1. The van der Waals surface area contributed by atoms with Gasteiger partial charge in [-0.15, -0.1) is 0 Å². The molecule has 148 valence electrons. The molecule has 0 aromatic carbocycles. The van der Waals surface area contributed by atoms with Crippen molar-refractivity contribution >= 4 is 17.9 Å². The number of hydrogen-bond donors (Lipinski definition) is 0. The molecule has 0 aromatic rings. The number of fused-ring (bicyclic) bond motifs is 1. The number of ether oxygens (including phenoxy) is 7. The summed E-state index contributed by atoms with van der Waals surface area (Å²) in [6.45, 7) is 7.04. The minimum absolute atomic E-state index is 0.219. The second-order valence-electron chi connectivity index (χ2n) is 5.99. The number of rotatable bonds is 6. The van der Waals surface area contributed by atoms with E-state index >= 15 is 0 Å². The number of carbonyl (C=O) groups excluding carboxylic acids is 3. The van der Waals surface area contributed by atoms with Crippen LogP contribution in [0.5, 0.6) is 0 Å². The summed E-state index contributed by atoms with van der Waals surface area (Å²) in [6, 6.07) is 0. The Kier molecular flexibility index (Phi) is 6.56. The van der Waals surface area contributed by atoms with Gasteiger partial charge in [0.1, 0.15) is 12.7 Å². The highest BCUT2D eigenvalue weighted by Crippen LogP contribution is 2.39. The average molecular weight is 376 g/mol. The first-order valence-electron chi connectivity index (χ1n) is 8.28. The van der Waals surface area contributed by atoms with Crippen molar-refractivity contribution in [1.82, 2.24) is 0 Å². The zero-order valence-electron chi connectivity index (χ0n) is 15.4. The maximum atomic E-state index is 11.6. The highest BCUT2D eigenvalue weighted by atomic mass is 16.9. The van der Waals surface area contributed by atoms with Gasteiger partial charge in [0.05, 0.1) is 0 Å². The normalized spacial score (nSPS) is 36.1. The van der Waals surface area contributed by atoms with Gasteiger partial charge in [-0.3, -0.25) is 19.1 Å².